The van der Waals surface area contributed by atoms with Crippen molar-refractivity contribution in [3.05, 3.63) is 71.3 Å². The molecule has 2 aromatic rings. The number of fused-ring (bicyclic) bond motifs is 1. The maximum Gasteiger partial charge on any atom is 0.261 e. The highest BCUT2D eigenvalue weighted by Gasteiger charge is 2.41. The van der Waals surface area contributed by atoms with Gasteiger partial charge in [-0.1, -0.05) is 42.5 Å². The summed E-state index contributed by atoms with van der Waals surface area (Å²) < 4.78 is 0. The van der Waals surface area contributed by atoms with Gasteiger partial charge in [-0.3, -0.25) is 14.5 Å². The lowest BCUT2D eigenvalue weighted by Gasteiger charge is -2.35. The first kappa shape index (κ1) is 17.9. The van der Waals surface area contributed by atoms with Crippen LogP contribution in [0.3, 0.4) is 0 Å². The lowest BCUT2D eigenvalue weighted by molar-refractivity contribution is 0.0528. The summed E-state index contributed by atoms with van der Waals surface area (Å²) in [5.41, 5.74) is 1.91. The molecule has 1 aliphatic heterocycles. The first-order chi connectivity index (χ1) is 13.1. The van der Waals surface area contributed by atoms with Crippen LogP contribution in [0.5, 0.6) is 0 Å². The summed E-state index contributed by atoms with van der Waals surface area (Å²) in [7, 11) is 0. The molecule has 1 aliphatic carbocycles. The fourth-order valence-corrected chi connectivity index (χ4v) is 4.19. The summed E-state index contributed by atoms with van der Waals surface area (Å²) in [5, 5.41) is 13.8. The monoisotopic (exact) mass is 364 g/mol. The average molecular weight is 364 g/mol. The van der Waals surface area contributed by atoms with E-state index in [1.807, 2.05) is 30.3 Å². The second-order valence-electron chi connectivity index (χ2n) is 7.38. The predicted molar refractivity (Wildman–Crippen MR) is 102 cm³/mol. The maximum atomic E-state index is 12.7. The van der Waals surface area contributed by atoms with Gasteiger partial charge < -0.3 is 10.4 Å². The van der Waals surface area contributed by atoms with Crippen LogP contribution in [0.2, 0.25) is 0 Å². The predicted octanol–water partition coefficient (Wildman–Crippen LogP) is 2.92. The fraction of sp³-hybridized carbons (Fsp3) is 0.364. The maximum absolute atomic E-state index is 12.7. The second kappa shape index (κ2) is 7.62. The van der Waals surface area contributed by atoms with Gasteiger partial charge in [-0.05, 0) is 43.4 Å². The standard InChI is InChI=1S/C22H24N2O3/c25-20(15-7-2-1-3-8-15)14-23-16-9-6-10-17(13-16)24-21(26)18-11-4-5-12-19(18)22(24)27/h1-5,7-8,11-12,16-17,20,23,25H,6,9-10,13-14H2/t16-,17+,20-/m0/s1. The van der Waals surface area contributed by atoms with Crippen molar-refractivity contribution in [3.8, 4) is 0 Å². The molecule has 1 heterocycles. The fourth-order valence-electron chi connectivity index (χ4n) is 4.19. The Balaban J connectivity index is 1.39. The Labute approximate surface area is 159 Å². The third-order valence-electron chi connectivity index (χ3n) is 5.62. The molecule has 4 rings (SSSR count). The number of amides is 2. The second-order valence-corrected chi connectivity index (χ2v) is 7.38. The molecule has 0 saturated heterocycles. The van der Waals surface area contributed by atoms with Crippen molar-refractivity contribution in [1.29, 1.82) is 0 Å². The number of nitrogens with zero attached hydrogens (tertiary/aromatic N) is 1. The van der Waals surface area contributed by atoms with Crippen LogP contribution < -0.4 is 5.32 Å². The van der Waals surface area contributed by atoms with Gasteiger partial charge in [-0.15, -0.1) is 0 Å². The minimum absolute atomic E-state index is 0.0856. The number of rotatable bonds is 5. The van der Waals surface area contributed by atoms with E-state index in [9.17, 15) is 14.7 Å². The molecule has 0 unspecified atom stereocenters. The van der Waals surface area contributed by atoms with Crippen molar-refractivity contribution in [2.45, 2.75) is 43.9 Å². The largest absolute Gasteiger partial charge is 0.387 e. The normalized spacial score (nSPS) is 23.4. The zero-order valence-electron chi connectivity index (χ0n) is 15.2. The molecule has 140 valence electrons. The summed E-state index contributed by atoms with van der Waals surface area (Å²) in [6, 6.07) is 16.7. The molecule has 2 aromatic carbocycles. The van der Waals surface area contributed by atoms with Gasteiger partial charge in [-0.25, -0.2) is 0 Å². The van der Waals surface area contributed by atoms with Crippen LogP contribution in [0.25, 0.3) is 0 Å². The summed E-state index contributed by atoms with van der Waals surface area (Å²) in [5.74, 6) is -0.351. The molecule has 2 N–H and O–H groups in total. The van der Waals surface area contributed by atoms with E-state index in [1.165, 1.54) is 4.90 Å². The van der Waals surface area contributed by atoms with Crippen LogP contribution in [-0.2, 0) is 0 Å². The minimum atomic E-state index is -0.564. The third-order valence-corrected chi connectivity index (χ3v) is 5.62. The van der Waals surface area contributed by atoms with Gasteiger partial charge in [0, 0.05) is 18.6 Å². The quantitative estimate of drug-likeness (QED) is 0.801. The van der Waals surface area contributed by atoms with Gasteiger partial charge in [0.25, 0.3) is 11.8 Å². The number of aliphatic hydroxyl groups is 1. The molecular weight excluding hydrogens is 340 g/mol. The van der Waals surface area contributed by atoms with E-state index < -0.39 is 6.10 Å². The summed E-state index contributed by atoms with van der Waals surface area (Å²) in [6.45, 7) is 0.462. The smallest absolute Gasteiger partial charge is 0.261 e. The molecule has 0 aromatic heterocycles. The Kier molecular flexibility index (Phi) is 5.05. The summed E-state index contributed by atoms with van der Waals surface area (Å²) in [6.07, 6.45) is 2.95. The van der Waals surface area contributed by atoms with Gasteiger partial charge in [0.2, 0.25) is 0 Å². The Hall–Kier alpha value is -2.50. The van der Waals surface area contributed by atoms with Crippen molar-refractivity contribution in [2.24, 2.45) is 0 Å². The molecule has 2 amide bonds. The van der Waals surface area contributed by atoms with Gasteiger partial charge in [0.05, 0.1) is 17.2 Å². The zero-order valence-corrected chi connectivity index (χ0v) is 15.2. The van der Waals surface area contributed by atoms with E-state index >= 15 is 0 Å². The van der Waals surface area contributed by atoms with Crippen LogP contribution in [0.15, 0.2) is 54.6 Å². The number of hydrogen-bond donors (Lipinski definition) is 2. The van der Waals surface area contributed by atoms with Crippen molar-refractivity contribution < 1.29 is 14.7 Å². The van der Waals surface area contributed by atoms with Crippen molar-refractivity contribution in [3.63, 3.8) is 0 Å². The van der Waals surface area contributed by atoms with Crippen molar-refractivity contribution >= 4 is 11.8 Å². The van der Waals surface area contributed by atoms with E-state index in [1.54, 1.807) is 24.3 Å². The number of nitrogens with one attached hydrogen (secondary N) is 1. The van der Waals surface area contributed by atoms with Gasteiger partial charge >= 0.3 is 0 Å². The first-order valence-corrected chi connectivity index (χ1v) is 9.58. The van der Waals surface area contributed by atoms with Gasteiger partial charge in [-0.2, -0.15) is 0 Å². The molecule has 1 saturated carbocycles. The lowest BCUT2D eigenvalue weighted by Crippen LogP contribution is -2.47. The summed E-state index contributed by atoms with van der Waals surface area (Å²) in [4.78, 5) is 26.9. The van der Waals surface area contributed by atoms with Crippen molar-refractivity contribution in [2.75, 3.05) is 6.54 Å². The molecule has 2 aliphatic rings. The Bertz CT molecular complexity index is 801. The minimum Gasteiger partial charge on any atom is -0.387 e. The van der Waals surface area contributed by atoms with Crippen LogP contribution in [0, 0.1) is 0 Å². The lowest BCUT2D eigenvalue weighted by atomic mass is 9.89. The number of imide groups is 1. The van der Waals surface area contributed by atoms with E-state index in [0.717, 1.165) is 31.2 Å². The van der Waals surface area contributed by atoms with Crippen LogP contribution in [0.1, 0.15) is 58.1 Å². The molecule has 27 heavy (non-hydrogen) atoms. The summed E-state index contributed by atoms with van der Waals surface area (Å²) >= 11 is 0. The van der Waals surface area contributed by atoms with E-state index in [-0.39, 0.29) is 23.9 Å². The molecule has 5 heteroatoms. The third kappa shape index (κ3) is 3.53. The number of carbonyl (C=O) groups excluding carboxylic acids is 2. The van der Waals surface area contributed by atoms with Gasteiger partial charge in [0.15, 0.2) is 0 Å². The number of aliphatic hydroxyl groups excluding tert-OH is 1. The van der Waals surface area contributed by atoms with E-state index in [0.29, 0.717) is 17.7 Å². The molecule has 1 fully saturated rings. The van der Waals surface area contributed by atoms with Crippen LogP contribution in [-0.4, -0.2) is 40.4 Å². The van der Waals surface area contributed by atoms with Crippen LogP contribution in [0.4, 0.5) is 0 Å². The van der Waals surface area contributed by atoms with Gasteiger partial charge in [0.1, 0.15) is 0 Å². The topological polar surface area (TPSA) is 69.6 Å². The Morgan fingerprint density at radius 2 is 1.59 bits per heavy atom. The van der Waals surface area contributed by atoms with E-state index in [4.69, 9.17) is 0 Å². The highest BCUT2D eigenvalue weighted by molar-refractivity contribution is 6.21. The number of hydrogen-bond acceptors (Lipinski definition) is 4. The highest BCUT2D eigenvalue weighted by atomic mass is 16.3. The molecule has 0 bridgehead atoms. The average Bonchev–Trinajstić information content (AvgIpc) is 2.98. The van der Waals surface area contributed by atoms with E-state index in [2.05, 4.69) is 5.32 Å². The molecular formula is C22H24N2O3. The SMILES string of the molecule is O=C1c2ccccc2C(=O)N1[C@@H]1CCC[C@H](NC[C@H](O)c2ccccc2)C1. The number of benzene rings is 2. The highest BCUT2D eigenvalue weighted by Crippen LogP contribution is 2.31. The zero-order chi connectivity index (χ0) is 18.8. The first-order valence-electron chi connectivity index (χ1n) is 9.58. The molecule has 0 radical (unpaired) electrons. The van der Waals surface area contributed by atoms with Crippen molar-refractivity contribution in [1.82, 2.24) is 10.2 Å². The molecule has 5 nitrogen and oxygen atoms in total. The Morgan fingerprint density at radius 3 is 2.26 bits per heavy atom. The molecule has 0 spiro atoms. The Morgan fingerprint density at radius 1 is 0.963 bits per heavy atom. The molecule has 3 atom stereocenters. The van der Waals surface area contributed by atoms with Crippen LogP contribution >= 0.6 is 0 Å². The number of carbonyl (C=O) groups is 2.